The van der Waals surface area contributed by atoms with Gasteiger partial charge in [-0.3, -0.25) is 14.4 Å². The standard InChI is InChI=1S/C33H40N6O5/c1-19(2)14-27(37-30(40)26-12-7-13-34-26)31(41)38-28(15-20-17-35-24-10-5-3-8-22(20)24)32(42)39-29(33(43)44)16-21-18-36-25-11-6-4-9-23(21)25/h3-6,8-11,17-19,26-29,34-36H,7,12-16H2,1-2H3,(H,37,40)(H,38,41)(H,39,42)(H,43,44). The van der Waals surface area contributed by atoms with Crippen LogP contribution in [-0.2, 0) is 32.0 Å². The van der Waals surface area contributed by atoms with Crippen molar-refractivity contribution < 1.29 is 24.3 Å². The Kier molecular flexibility index (Phi) is 9.64. The first kappa shape index (κ1) is 30.8. The first-order valence-electron chi connectivity index (χ1n) is 15.2. The lowest BCUT2D eigenvalue weighted by Gasteiger charge is -2.26. The Morgan fingerprint density at radius 3 is 1.89 bits per heavy atom. The van der Waals surface area contributed by atoms with Gasteiger partial charge in [0, 0.05) is 47.0 Å². The number of aromatic nitrogens is 2. The monoisotopic (exact) mass is 600 g/mol. The van der Waals surface area contributed by atoms with Gasteiger partial charge in [-0.05, 0) is 55.0 Å². The Bertz CT molecular complexity index is 1640. The number of rotatable bonds is 13. The highest BCUT2D eigenvalue weighted by atomic mass is 16.4. The summed E-state index contributed by atoms with van der Waals surface area (Å²) in [5, 5.41) is 23.4. The van der Waals surface area contributed by atoms with E-state index < -0.39 is 35.9 Å². The van der Waals surface area contributed by atoms with E-state index >= 15 is 0 Å². The molecule has 4 atom stereocenters. The van der Waals surface area contributed by atoms with E-state index in [1.54, 1.807) is 12.4 Å². The molecule has 11 heteroatoms. The molecule has 1 fully saturated rings. The van der Waals surface area contributed by atoms with Crippen LogP contribution < -0.4 is 21.3 Å². The summed E-state index contributed by atoms with van der Waals surface area (Å²) in [5.41, 5.74) is 3.30. The van der Waals surface area contributed by atoms with Gasteiger partial charge in [-0.1, -0.05) is 50.2 Å². The van der Waals surface area contributed by atoms with Crippen molar-refractivity contribution in [3.63, 3.8) is 0 Å². The highest BCUT2D eigenvalue weighted by Crippen LogP contribution is 2.21. The van der Waals surface area contributed by atoms with Gasteiger partial charge in [0.2, 0.25) is 17.7 Å². The van der Waals surface area contributed by atoms with Crippen molar-refractivity contribution in [2.24, 2.45) is 5.92 Å². The molecule has 232 valence electrons. The lowest BCUT2D eigenvalue weighted by atomic mass is 9.99. The van der Waals surface area contributed by atoms with Crippen LogP contribution >= 0.6 is 0 Å². The van der Waals surface area contributed by atoms with Crippen molar-refractivity contribution in [2.75, 3.05) is 6.54 Å². The number of amides is 3. The van der Waals surface area contributed by atoms with Gasteiger partial charge in [-0.25, -0.2) is 4.79 Å². The molecule has 1 aliphatic rings. The topological polar surface area (TPSA) is 168 Å². The summed E-state index contributed by atoms with van der Waals surface area (Å²) in [5.74, 6) is -2.45. The molecule has 0 radical (unpaired) electrons. The number of carboxylic acid groups (broad SMARTS) is 1. The Morgan fingerprint density at radius 1 is 0.795 bits per heavy atom. The van der Waals surface area contributed by atoms with Gasteiger partial charge in [-0.15, -0.1) is 0 Å². The van der Waals surface area contributed by atoms with E-state index in [2.05, 4.69) is 31.2 Å². The van der Waals surface area contributed by atoms with E-state index in [9.17, 15) is 24.3 Å². The van der Waals surface area contributed by atoms with E-state index in [4.69, 9.17) is 0 Å². The molecule has 0 saturated carbocycles. The molecule has 4 aromatic rings. The maximum absolute atomic E-state index is 13.8. The Morgan fingerprint density at radius 2 is 1.34 bits per heavy atom. The number of benzene rings is 2. The molecule has 4 unspecified atom stereocenters. The van der Waals surface area contributed by atoms with Crippen molar-refractivity contribution in [1.82, 2.24) is 31.2 Å². The van der Waals surface area contributed by atoms with Crippen molar-refractivity contribution in [3.05, 3.63) is 72.1 Å². The van der Waals surface area contributed by atoms with Crippen LogP contribution in [0.1, 0.15) is 44.2 Å². The molecule has 0 spiro atoms. The zero-order valence-corrected chi connectivity index (χ0v) is 25.0. The molecule has 1 aliphatic heterocycles. The first-order chi connectivity index (χ1) is 21.2. The van der Waals surface area contributed by atoms with Crippen LogP contribution in [-0.4, -0.2) is 69.5 Å². The number of hydrogen-bond donors (Lipinski definition) is 7. The fourth-order valence-corrected chi connectivity index (χ4v) is 5.88. The number of carbonyl (C=O) groups excluding carboxylic acids is 3. The normalized spacial score (nSPS) is 16.9. The predicted octanol–water partition coefficient (Wildman–Crippen LogP) is 2.77. The molecule has 1 saturated heterocycles. The smallest absolute Gasteiger partial charge is 0.326 e. The Labute approximate surface area is 255 Å². The molecule has 44 heavy (non-hydrogen) atoms. The van der Waals surface area contributed by atoms with Gasteiger partial charge in [-0.2, -0.15) is 0 Å². The maximum Gasteiger partial charge on any atom is 0.326 e. The van der Waals surface area contributed by atoms with Gasteiger partial charge in [0.25, 0.3) is 0 Å². The molecule has 3 heterocycles. The van der Waals surface area contributed by atoms with Crippen molar-refractivity contribution in [3.8, 4) is 0 Å². The number of nitrogens with one attached hydrogen (secondary N) is 6. The van der Waals surface area contributed by atoms with E-state index in [0.717, 1.165) is 45.9 Å². The number of aromatic amines is 2. The summed E-state index contributed by atoms with van der Waals surface area (Å²) in [7, 11) is 0. The molecule has 0 bridgehead atoms. The maximum atomic E-state index is 13.8. The first-order valence-corrected chi connectivity index (χ1v) is 15.2. The third-order valence-corrected chi connectivity index (χ3v) is 8.16. The lowest BCUT2D eigenvalue weighted by Crippen LogP contribution is -2.58. The number of carboxylic acids is 1. The number of hydrogen-bond acceptors (Lipinski definition) is 5. The van der Waals surface area contributed by atoms with E-state index in [0.29, 0.717) is 12.8 Å². The molecule has 2 aromatic carbocycles. The Balaban J connectivity index is 1.38. The average molecular weight is 601 g/mol. The van der Waals surface area contributed by atoms with Gasteiger partial charge in [0.15, 0.2) is 0 Å². The number of fused-ring (bicyclic) bond motifs is 2. The second kappa shape index (κ2) is 13.8. The van der Waals surface area contributed by atoms with Crippen molar-refractivity contribution in [2.45, 2.75) is 70.1 Å². The van der Waals surface area contributed by atoms with Crippen LogP contribution in [0.15, 0.2) is 60.9 Å². The SMILES string of the molecule is CC(C)CC(NC(=O)C1CCCN1)C(=O)NC(Cc1c[nH]c2ccccc12)C(=O)NC(Cc1c[nH]c2ccccc12)C(=O)O. The summed E-state index contributed by atoms with van der Waals surface area (Å²) >= 11 is 0. The minimum absolute atomic E-state index is 0.0548. The minimum atomic E-state index is -1.23. The zero-order valence-electron chi connectivity index (χ0n) is 25.0. The largest absolute Gasteiger partial charge is 0.480 e. The third kappa shape index (κ3) is 7.28. The highest BCUT2D eigenvalue weighted by Gasteiger charge is 2.32. The van der Waals surface area contributed by atoms with Crippen LogP contribution in [0.3, 0.4) is 0 Å². The molecule has 2 aromatic heterocycles. The van der Waals surface area contributed by atoms with Crippen LogP contribution in [0.5, 0.6) is 0 Å². The fraction of sp³-hybridized carbons (Fsp3) is 0.394. The van der Waals surface area contributed by atoms with Crippen LogP contribution in [0.4, 0.5) is 0 Å². The van der Waals surface area contributed by atoms with Gasteiger partial charge < -0.3 is 36.3 Å². The third-order valence-electron chi connectivity index (χ3n) is 8.16. The second-order valence-electron chi connectivity index (χ2n) is 11.9. The van der Waals surface area contributed by atoms with Crippen LogP contribution in [0, 0.1) is 5.92 Å². The fourth-order valence-electron chi connectivity index (χ4n) is 5.88. The number of para-hydroxylation sites is 2. The molecule has 5 rings (SSSR count). The second-order valence-corrected chi connectivity index (χ2v) is 11.9. The van der Waals surface area contributed by atoms with Gasteiger partial charge >= 0.3 is 5.97 Å². The predicted molar refractivity (Wildman–Crippen MR) is 168 cm³/mol. The molecule has 3 amide bonds. The summed E-state index contributed by atoms with van der Waals surface area (Å²) in [6.07, 6.45) is 5.67. The van der Waals surface area contributed by atoms with E-state index in [-0.39, 0.29) is 30.7 Å². The average Bonchev–Trinajstić information content (AvgIpc) is 3.77. The molecule has 11 nitrogen and oxygen atoms in total. The molecular formula is C33H40N6O5. The molecular weight excluding hydrogens is 560 g/mol. The van der Waals surface area contributed by atoms with Crippen molar-refractivity contribution >= 4 is 45.5 Å². The minimum Gasteiger partial charge on any atom is -0.480 e. The van der Waals surface area contributed by atoms with Gasteiger partial charge in [0.05, 0.1) is 6.04 Å². The van der Waals surface area contributed by atoms with Crippen molar-refractivity contribution in [1.29, 1.82) is 0 Å². The van der Waals surface area contributed by atoms with Crippen LogP contribution in [0.25, 0.3) is 21.8 Å². The quantitative estimate of drug-likeness (QED) is 0.125. The van der Waals surface area contributed by atoms with Gasteiger partial charge in [0.1, 0.15) is 18.1 Å². The summed E-state index contributed by atoms with van der Waals surface area (Å²) in [4.78, 5) is 59.1. The van der Waals surface area contributed by atoms with E-state index in [1.807, 2.05) is 62.4 Å². The zero-order chi connectivity index (χ0) is 31.2. The number of aliphatic carboxylic acids is 1. The number of carbonyl (C=O) groups is 4. The molecule has 0 aliphatic carbocycles. The highest BCUT2D eigenvalue weighted by molar-refractivity contribution is 5.95. The molecule has 7 N–H and O–H groups in total. The Hall–Kier alpha value is -4.64. The summed E-state index contributed by atoms with van der Waals surface area (Å²) < 4.78 is 0. The van der Waals surface area contributed by atoms with E-state index in [1.165, 1.54) is 0 Å². The van der Waals surface area contributed by atoms with Crippen LogP contribution in [0.2, 0.25) is 0 Å². The summed E-state index contributed by atoms with van der Waals surface area (Å²) in [6.45, 7) is 4.66. The number of H-pyrrole nitrogens is 2. The lowest BCUT2D eigenvalue weighted by molar-refractivity contribution is -0.142. The summed E-state index contributed by atoms with van der Waals surface area (Å²) in [6, 6.07) is 11.6.